The summed E-state index contributed by atoms with van der Waals surface area (Å²) < 4.78 is 6.50. The molecule has 182 valence electrons. The van der Waals surface area contributed by atoms with Crippen LogP contribution in [0.25, 0.3) is 0 Å². The molecule has 3 nitrogen and oxygen atoms in total. The van der Waals surface area contributed by atoms with Crippen molar-refractivity contribution >= 4 is 11.4 Å². The topological polar surface area (TPSA) is 56.9 Å². The van der Waals surface area contributed by atoms with Crippen LogP contribution in [0.4, 0.5) is 0 Å². The Hall–Kier alpha value is -5.02. The van der Waals surface area contributed by atoms with E-state index in [1.807, 2.05) is 66.7 Å². The van der Waals surface area contributed by atoms with Crippen LogP contribution in [-0.2, 0) is 5.41 Å². The molecule has 5 aromatic carbocycles. The lowest BCUT2D eigenvalue weighted by Crippen LogP contribution is -2.34. The maximum atomic E-state index is 8.74. The van der Waals surface area contributed by atoms with Crippen molar-refractivity contribution in [1.82, 2.24) is 0 Å². The molecule has 0 fully saturated rings. The molecule has 38 heavy (non-hydrogen) atoms. The van der Waals surface area contributed by atoms with Crippen molar-refractivity contribution in [2.24, 2.45) is 0 Å². The Bertz CT molecular complexity index is 1620. The molecule has 0 aliphatic carbocycles. The fourth-order valence-corrected chi connectivity index (χ4v) is 5.35. The van der Waals surface area contributed by atoms with Gasteiger partial charge < -0.3 is 15.6 Å². The maximum absolute atomic E-state index is 8.74. The number of nitrogens with one attached hydrogen (secondary N) is 2. The Morgan fingerprint density at radius 1 is 0.500 bits per heavy atom. The van der Waals surface area contributed by atoms with Crippen LogP contribution in [0.3, 0.4) is 0 Å². The molecule has 0 atom stereocenters. The van der Waals surface area contributed by atoms with E-state index in [-0.39, 0.29) is 0 Å². The minimum absolute atomic E-state index is 0.320. The molecule has 1 aliphatic rings. The third kappa shape index (κ3) is 3.95. The summed E-state index contributed by atoms with van der Waals surface area (Å²) in [6.45, 7) is 0. The summed E-state index contributed by atoms with van der Waals surface area (Å²) in [5, 5.41) is 17.1. The molecule has 5 aromatic rings. The average Bonchev–Trinajstić information content (AvgIpc) is 2.99. The fraction of sp³-hybridized carbons (Fsp3) is 0.0286. The van der Waals surface area contributed by atoms with Gasteiger partial charge in [0.1, 0.15) is 11.5 Å². The first-order valence-electron chi connectivity index (χ1n) is 12.6. The zero-order valence-electron chi connectivity index (χ0n) is 20.8. The van der Waals surface area contributed by atoms with E-state index in [4.69, 9.17) is 15.6 Å². The predicted molar refractivity (Wildman–Crippen MR) is 154 cm³/mol. The highest BCUT2D eigenvalue weighted by atomic mass is 16.5. The Morgan fingerprint density at radius 2 is 1.00 bits per heavy atom. The van der Waals surface area contributed by atoms with Gasteiger partial charge in [-0.25, -0.2) is 0 Å². The number of rotatable bonds is 6. The van der Waals surface area contributed by atoms with Gasteiger partial charge in [-0.2, -0.15) is 0 Å². The highest BCUT2D eigenvalue weighted by Crippen LogP contribution is 2.55. The molecule has 0 saturated heterocycles. The standard InChI is InChI=1S/C35H26N2O/c36-31(25-12-4-1-5-13-25)22-23-32(37)26-20-21-30-34(24-26)38-33-19-11-10-18-29(33)35(30,27-14-6-2-7-15-27)28-16-8-3-9-17-28/h1-24,36-37H/b23-22-,36-31?,37-32?. The van der Waals surface area contributed by atoms with Crippen molar-refractivity contribution in [3.63, 3.8) is 0 Å². The molecule has 2 N–H and O–H groups in total. The summed E-state index contributed by atoms with van der Waals surface area (Å²) in [6, 6.07) is 44.9. The lowest BCUT2D eigenvalue weighted by Gasteiger charge is -2.41. The molecular formula is C35H26N2O. The van der Waals surface area contributed by atoms with Crippen LogP contribution >= 0.6 is 0 Å². The fourth-order valence-electron chi connectivity index (χ4n) is 5.35. The van der Waals surface area contributed by atoms with Gasteiger partial charge in [0.25, 0.3) is 0 Å². The van der Waals surface area contributed by atoms with Crippen LogP contribution in [0.15, 0.2) is 146 Å². The first-order chi connectivity index (χ1) is 18.7. The van der Waals surface area contributed by atoms with Gasteiger partial charge >= 0.3 is 0 Å². The lowest BCUT2D eigenvalue weighted by molar-refractivity contribution is 0.434. The second-order valence-corrected chi connectivity index (χ2v) is 9.32. The van der Waals surface area contributed by atoms with E-state index in [0.717, 1.165) is 44.9 Å². The highest BCUT2D eigenvalue weighted by molar-refractivity contribution is 6.14. The Morgan fingerprint density at radius 3 is 1.63 bits per heavy atom. The molecule has 0 saturated carbocycles. The van der Waals surface area contributed by atoms with Crippen LogP contribution in [0, 0.1) is 10.8 Å². The van der Waals surface area contributed by atoms with E-state index in [1.54, 1.807) is 12.2 Å². The van der Waals surface area contributed by atoms with E-state index >= 15 is 0 Å². The van der Waals surface area contributed by atoms with Crippen molar-refractivity contribution < 1.29 is 4.74 Å². The number of para-hydroxylation sites is 1. The number of fused-ring (bicyclic) bond motifs is 2. The van der Waals surface area contributed by atoms with Gasteiger partial charge in [0.2, 0.25) is 0 Å². The summed E-state index contributed by atoms with van der Waals surface area (Å²) in [6.07, 6.45) is 3.35. The lowest BCUT2D eigenvalue weighted by atomic mass is 9.63. The van der Waals surface area contributed by atoms with Crippen molar-refractivity contribution in [2.45, 2.75) is 5.41 Å². The molecule has 0 bridgehead atoms. The molecule has 1 aliphatic heterocycles. The molecule has 0 unspecified atom stereocenters. The van der Waals surface area contributed by atoms with Crippen LogP contribution in [0.5, 0.6) is 11.5 Å². The van der Waals surface area contributed by atoms with Gasteiger partial charge in [0.15, 0.2) is 0 Å². The molecular weight excluding hydrogens is 464 g/mol. The van der Waals surface area contributed by atoms with Crippen molar-refractivity contribution in [3.8, 4) is 11.5 Å². The Balaban J connectivity index is 1.49. The largest absolute Gasteiger partial charge is 0.457 e. The van der Waals surface area contributed by atoms with E-state index in [0.29, 0.717) is 11.4 Å². The second kappa shape index (κ2) is 9.79. The zero-order valence-corrected chi connectivity index (χ0v) is 20.8. The van der Waals surface area contributed by atoms with Gasteiger partial charge in [-0.1, -0.05) is 121 Å². The first-order valence-corrected chi connectivity index (χ1v) is 12.6. The van der Waals surface area contributed by atoms with Gasteiger partial charge in [-0.15, -0.1) is 0 Å². The van der Waals surface area contributed by atoms with Crippen molar-refractivity contribution in [1.29, 1.82) is 10.8 Å². The number of allylic oxidation sites excluding steroid dienone is 2. The normalized spacial score (nSPS) is 13.3. The first kappa shape index (κ1) is 23.4. The highest BCUT2D eigenvalue weighted by Gasteiger charge is 2.45. The molecule has 1 heterocycles. The predicted octanol–water partition coefficient (Wildman–Crippen LogP) is 8.17. The number of benzene rings is 5. The van der Waals surface area contributed by atoms with Crippen molar-refractivity contribution in [2.75, 3.05) is 0 Å². The van der Waals surface area contributed by atoms with Gasteiger partial charge in [-0.3, -0.25) is 0 Å². The number of hydrogen-bond donors (Lipinski definition) is 2. The molecule has 0 spiro atoms. The van der Waals surface area contributed by atoms with Crippen LogP contribution < -0.4 is 4.74 Å². The van der Waals surface area contributed by atoms with Crippen molar-refractivity contribution in [3.05, 3.63) is 179 Å². The summed E-state index contributed by atoms with van der Waals surface area (Å²) >= 11 is 0. The Labute approximate surface area is 222 Å². The Kier molecular flexibility index (Phi) is 6.03. The van der Waals surface area contributed by atoms with Crippen LogP contribution in [0.1, 0.15) is 33.4 Å². The van der Waals surface area contributed by atoms with Gasteiger partial charge in [0, 0.05) is 16.7 Å². The molecule has 0 radical (unpaired) electrons. The quantitative estimate of drug-likeness (QED) is 0.227. The third-order valence-electron chi connectivity index (χ3n) is 7.12. The number of ether oxygens (including phenoxy) is 1. The molecule has 6 rings (SSSR count). The molecule has 3 heteroatoms. The number of hydrogen-bond acceptors (Lipinski definition) is 3. The smallest absolute Gasteiger partial charge is 0.132 e. The van der Waals surface area contributed by atoms with E-state index in [2.05, 4.69) is 66.7 Å². The average molecular weight is 491 g/mol. The maximum Gasteiger partial charge on any atom is 0.132 e. The third-order valence-corrected chi connectivity index (χ3v) is 7.12. The molecule has 0 amide bonds. The summed E-state index contributed by atoms with van der Waals surface area (Å²) in [5.74, 6) is 1.53. The summed E-state index contributed by atoms with van der Waals surface area (Å²) in [4.78, 5) is 0. The second-order valence-electron chi connectivity index (χ2n) is 9.32. The summed E-state index contributed by atoms with van der Waals surface area (Å²) in [7, 11) is 0. The van der Waals surface area contributed by atoms with Crippen LogP contribution in [-0.4, -0.2) is 11.4 Å². The minimum Gasteiger partial charge on any atom is -0.457 e. The SMILES string of the molecule is N=C(/C=C\C(=N)c1ccc2c(c1)Oc1ccccc1C2(c1ccccc1)c1ccccc1)c1ccccc1. The van der Waals surface area contributed by atoms with E-state index in [1.165, 1.54) is 0 Å². The van der Waals surface area contributed by atoms with Crippen LogP contribution in [0.2, 0.25) is 0 Å². The van der Waals surface area contributed by atoms with Gasteiger partial charge in [-0.05, 0) is 41.0 Å². The molecule has 0 aromatic heterocycles. The summed E-state index contributed by atoms with van der Waals surface area (Å²) in [5.41, 5.74) is 6.09. The zero-order chi connectivity index (χ0) is 26.0. The monoisotopic (exact) mass is 490 g/mol. The minimum atomic E-state index is -0.571. The van der Waals surface area contributed by atoms with E-state index in [9.17, 15) is 0 Å². The van der Waals surface area contributed by atoms with Gasteiger partial charge in [0.05, 0.1) is 16.8 Å². The van der Waals surface area contributed by atoms with E-state index < -0.39 is 5.41 Å².